The van der Waals surface area contributed by atoms with E-state index >= 15 is 0 Å². The standard InChI is InChI=1S/C18H12ClFO2/c19-16-9-4-10-17(20)15(16)11-22-18(21)14-8-3-6-12-5-1-2-7-13(12)14/h1-10H,11H2. The molecule has 0 aliphatic heterocycles. The Hall–Kier alpha value is -2.39. The minimum absolute atomic E-state index is 0.178. The molecule has 0 radical (unpaired) electrons. The first-order valence-electron chi connectivity index (χ1n) is 6.74. The van der Waals surface area contributed by atoms with E-state index in [-0.39, 0.29) is 17.2 Å². The molecule has 3 rings (SSSR count). The Morgan fingerprint density at radius 3 is 2.55 bits per heavy atom. The smallest absolute Gasteiger partial charge is 0.339 e. The first kappa shape index (κ1) is 14.5. The van der Waals surface area contributed by atoms with Crippen molar-refractivity contribution >= 4 is 28.3 Å². The summed E-state index contributed by atoms with van der Waals surface area (Å²) in [5.74, 6) is -0.991. The molecule has 0 bridgehead atoms. The van der Waals surface area contributed by atoms with E-state index in [2.05, 4.69) is 0 Å². The third-order valence-corrected chi connectivity index (χ3v) is 3.77. The normalized spacial score (nSPS) is 10.6. The highest BCUT2D eigenvalue weighted by molar-refractivity contribution is 6.31. The predicted octanol–water partition coefficient (Wildman–Crippen LogP) is 4.99. The molecule has 0 aliphatic rings. The Morgan fingerprint density at radius 2 is 1.73 bits per heavy atom. The van der Waals surface area contributed by atoms with Crippen molar-refractivity contribution < 1.29 is 13.9 Å². The lowest BCUT2D eigenvalue weighted by Crippen LogP contribution is -2.07. The number of carbonyl (C=O) groups excluding carboxylic acids is 1. The molecule has 0 saturated carbocycles. The quantitative estimate of drug-likeness (QED) is 0.637. The summed E-state index contributed by atoms with van der Waals surface area (Å²) >= 11 is 5.92. The molecule has 4 heteroatoms. The van der Waals surface area contributed by atoms with Crippen LogP contribution in [0.2, 0.25) is 5.02 Å². The Labute approximate surface area is 132 Å². The van der Waals surface area contributed by atoms with Crippen LogP contribution in [0.15, 0.2) is 60.7 Å². The zero-order valence-corrected chi connectivity index (χ0v) is 12.3. The molecule has 2 nitrogen and oxygen atoms in total. The fraction of sp³-hybridized carbons (Fsp3) is 0.0556. The molecule has 3 aromatic rings. The maximum Gasteiger partial charge on any atom is 0.339 e. The molecule has 0 unspecified atom stereocenters. The summed E-state index contributed by atoms with van der Waals surface area (Å²) < 4.78 is 18.9. The van der Waals surface area contributed by atoms with Crippen LogP contribution in [0.3, 0.4) is 0 Å². The summed E-state index contributed by atoms with van der Waals surface area (Å²) in [6.45, 7) is -0.201. The van der Waals surface area contributed by atoms with Crippen LogP contribution >= 0.6 is 11.6 Å². The van der Waals surface area contributed by atoms with Gasteiger partial charge in [-0.15, -0.1) is 0 Å². The first-order chi connectivity index (χ1) is 10.7. The molecule has 0 amide bonds. The summed E-state index contributed by atoms with van der Waals surface area (Å²) in [4.78, 5) is 12.3. The maximum absolute atomic E-state index is 13.7. The molecule has 0 aliphatic carbocycles. The Morgan fingerprint density at radius 1 is 1.00 bits per heavy atom. The number of carbonyl (C=O) groups is 1. The largest absolute Gasteiger partial charge is 0.457 e. The van der Waals surface area contributed by atoms with E-state index in [1.807, 2.05) is 30.3 Å². The molecular formula is C18H12ClFO2. The fourth-order valence-electron chi connectivity index (χ4n) is 2.29. The lowest BCUT2D eigenvalue weighted by Gasteiger charge is -2.09. The van der Waals surface area contributed by atoms with Gasteiger partial charge in [-0.3, -0.25) is 0 Å². The molecule has 3 aromatic carbocycles. The molecular weight excluding hydrogens is 303 g/mol. The Kier molecular flexibility index (Phi) is 4.07. The average molecular weight is 315 g/mol. The van der Waals surface area contributed by atoms with E-state index in [0.717, 1.165) is 10.8 Å². The van der Waals surface area contributed by atoms with Crippen LogP contribution in [0.25, 0.3) is 10.8 Å². The summed E-state index contributed by atoms with van der Waals surface area (Å²) in [6.07, 6.45) is 0. The van der Waals surface area contributed by atoms with Gasteiger partial charge in [0.05, 0.1) is 10.6 Å². The highest BCUT2D eigenvalue weighted by atomic mass is 35.5. The number of rotatable bonds is 3. The van der Waals surface area contributed by atoms with Gasteiger partial charge in [0.25, 0.3) is 0 Å². The lowest BCUT2D eigenvalue weighted by molar-refractivity contribution is 0.0471. The molecule has 110 valence electrons. The van der Waals surface area contributed by atoms with Crippen molar-refractivity contribution in [3.05, 3.63) is 82.6 Å². The first-order valence-corrected chi connectivity index (χ1v) is 7.12. The van der Waals surface area contributed by atoms with E-state index in [1.54, 1.807) is 18.2 Å². The highest BCUT2D eigenvalue weighted by Crippen LogP contribution is 2.22. The van der Waals surface area contributed by atoms with Crippen LogP contribution in [0.4, 0.5) is 4.39 Å². The number of hydrogen-bond acceptors (Lipinski definition) is 2. The van der Waals surface area contributed by atoms with E-state index in [9.17, 15) is 9.18 Å². The minimum atomic E-state index is -0.504. The van der Waals surface area contributed by atoms with Crippen molar-refractivity contribution in [3.8, 4) is 0 Å². The van der Waals surface area contributed by atoms with Crippen molar-refractivity contribution in [2.45, 2.75) is 6.61 Å². The Balaban J connectivity index is 1.85. The van der Waals surface area contributed by atoms with Gasteiger partial charge in [-0.2, -0.15) is 0 Å². The van der Waals surface area contributed by atoms with Gasteiger partial charge in [0, 0.05) is 5.56 Å². The van der Waals surface area contributed by atoms with Gasteiger partial charge in [-0.05, 0) is 29.0 Å². The van der Waals surface area contributed by atoms with Gasteiger partial charge in [0.15, 0.2) is 0 Å². The monoisotopic (exact) mass is 314 g/mol. The molecule has 22 heavy (non-hydrogen) atoms. The van der Waals surface area contributed by atoms with Gasteiger partial charge in [0.2, 0.25) is 0 Å². The molecule has 0 atom stereocenters. The number of halogens is 2. The van der Waals surface area contributed by atoms with Gasteiger partial charge in [0.1, 0.15) is 12.4 Å². The van der Waals surface area contributed by atoms with Crippen LogP contribution in [0.1, 0.15) is 15.9 Å². The van der Waals surface area contributed by atoms with Gasteiger partial charge < -0.3 is 4.74 Å². The van der Waals surface area contributed by atoms with E-state index in [4.69, 9.17) is 16.3 Å². The summed E-state index contributed by atoms with van der Waals surface area (Å²) in [5.41, 5.74) is 0.628. The number of esters is 1. The van der Waals surface area contributed by atoms with Gasteiger partial charge >= 0.3 is 5.97 Å². The summed E-state index contributed by atoms with van der Waals surface area (Å²) in [7, 11) is 0. The van der Waals surface area contributed by atoms with Crippen LogP contribution in [0, 0.1) is 5.82 Å². The average Bonchev–Trinajstić information content (AvgIpc) is 2.53. The number of hydrogen-bond donors (Lipinski definition) is 0. The molecule has 0 N–H and O–H groups in total. The van der Waals surface area contributed by atoms with E-state index in [0.29, 0.717) is 5.56 Å². The van der Waals surface area contributed by atoms with E-state index in [1.165, 1.54) is 12.1 Å². The van der Waals surface area contributed by atoms with E-state index < -0.39 is 11.8 Å². The zero-order chi connectivity index (χ0) is 15.5. The molecule has 0 saturated heterocycles. The van der Waals surface area contributed by atoms with Crippen molar-refractivity contribution in [1.29, 1.82) is 0 Å². The SMILES string of the molecule is O=C(OCc1c(F)cccc1Cl)c1cccc2ccccc12. The third kappa shape index (κ3) is 2.81. The van der Waals surface area contributed by atoms with Crippen LogP contribution in [-0.2, 0) is 11.3 Å². The molecule has 0 fully saturated rings. The van der Waals surface area contributed by atoms with Crippen molar-refractivity contribution in [2.24, 2.45) is 0 Å². The van der Waals surface area contributed by atoms with Crippen LogP contribution < -0.4 is 0 Å². The lowest BCUT2D eigenvalue weighted by atomic mass is 10.0. The van der Waals surface area contributed by atoms with Crippen molar-refractivity contribution in [2.75, 3.05) is 0 Å². The van der Waals surface area contributed by atoms with Crippen LogP contribution in [0.5, 0.6) is 0 Å². The summed E-state index contributed by atoms with van der Waals surface area (Å²) in [6, 6.07) is 17.3. The van der Waals surface area contributed by atoms with Crippen molar-refractivity contribution in [3.63, 3.8) is 0 Å². The summed E-state index contributed by atoms with van der Waals surface area (Å²) in [5, 5.41) is 1.99. The second-order valence-electron chi connectivity index (χ2n) is 4.80. The van der Waals surface area contributed by atoms with Gasteiger partial charge in [-0.25, -0.2) is 9.18 Å². The van der Waals surface area contributed by atoms with Gasteiger partial charge in [-0.1, -0.05) is 54.1 Å². The predicted molar refractivity (Wildman–Crippen MR) is 84.5 cm³/mol. The molecule has 0 aromatic heterocycles. The number of fused-ring (bicyclic) bond motifs is 1. The Bertz CT molecular complexity index is 820. The second kappa shape index (κ2) is 6.16. The zero-order valence-electron chi connectivity index (χ0n) is 11.6. The highest BCUT2D eigenvalue weighted by Gasteiger charge is 2.14. The second-order valence-corrected chi connectivity index (χ2v) is 5.21. The molecule has 0 heterocycles. The van der Waals surface area contributed by atoms with Crippen LogP contribution in [-0.4, -0.2) is 5.97 Å². The number of ether oxygens (including phenoxy) is 1. The topological polar surface area (TPSA) is 26.3 Å². The number of benzene rings is 3. The maximum atomic E-state index is 13.7. The van der Waals surface area contributed by atoms with Crippen molar-refractivity contribution in [1.82, 2.24) is 0 Å². The third-order valence-electron chi connectivity index (χ3n) is 3.42. The minimum Gasteiger partial charge on any atom is -0.457 e. The fourth-order valence-corrected chi connectivity index (χ4v) is 2.51. The molecule has 0 spiro atoms.